The summed E-state index contributed by atoms with van der Waals surface area (Å²) in [5.41, 5.74) is 0.930. The van der Waals surface area contributed by atoms with Crippen molar-refractivity contribution in [2.75, 3.05) is 11.9 Å². The van der Waals surface area contributed by atoms with Crippen molar-refractivity contribution < 1.29 is 4.79 Å². The van der Waals surface area contributed by atoms with Gasteiger partial charge in [0.1, 0.15) is 0 Å². The number of rotatable bonds is 1. The molecule has 3 heteroatoms. The molecule has 0 aromatic heterocycles. The molecule has 1 rings (SSSR count). The zero-order chi connectivity index (χ0) is 11.5. The molecule has 0 N–H and O–H groups in total. The van der Waals surface area contributed by atoms with Crippen LogP contribution in [-0.4, -0.2) is 17.0 Å². The van der Waals surface area contributed by atoms with Crippen LogP contribution >= 0.6 is 11.8 Å². The summed E-state index contributed by atoms with van der Waals surface area (Å²) in [6.45, 7) is 6.11. The molecule has 1 aromatic rings. The number of para-hydroxylation sites is 1. The molecule has 0 heterocycles. The molecule has 0 fully saturated rings. The summed E-state index contributed by atoms with van der Waals surface area (Å²) < 4.78 is -0.0415. The summed E-state index contributed by atoms with van der Waals surface area (Å²) in [4.78, 5) is 13.5. The van der Waals surface area contributed by atoms with Gasteiger partial charge < -0.3 is 4.90 Å². The summed E-state index contributed by atoms with van der Waals surface area (Å²) in [6.07, 6.45) is 0. The molecule has 0 aliphatic carbocycles. The molecule has 0 spiro atoms. The van der Waals surface area contributed by atoms with Gasteiger partial charge in [-0.25, -0.2) is 0 Å². The topological polar surface area (TPSA) is 20.3 Å². The normalized spacial score (nSPS) is 11.2. The lowest BCUT2D eigenvalue weighted by atomic mass is 10.3. The van der Waals surface area contributed by atoms with E-state index in [9.17, 15) is 4.79 Å². The third-order valence-electron chi connectivity index (χ3n) is 1.81. The van der Waals surface area contributed by atoms with E-state index in [0.717, 1.165) is 5.69 Å². The number of carbonyl (C=O) groups excluding carboxylic acids is 1. The van der Waals surface area contributed by atoms with Gasteiger partial charge in [-0.15, -0.1) is 0 Å². The first-order valence-electron chi connectivity index (χ1n) is 4.92. The average Bonchev–Trinajstić information content (AvgIpc) is 2.15. The van der Waals surface area contributed by atoms with E-state index < -0.39 is 0 Å². The molecule has 0 saturated heterocycles. The van der Waals surface area contributed by atoms with Gasteiger partial charge in [0.05, 0.1) is 0 Å². The van der Waals surface area contributed by atoms with Crippen molar-refractivity contribution in [2.24, 2.45) is 0 Å². The van der Waals surface area contributed by atoms with Crippen molar-refractivity contribution >= 4 is 22.7 Å². The zero-order valence-electron chi connectivity index (χ0n) is 9.65. The quantitative estimate of drug-likeness (QED) is 0.722. The Kier molecular flexibility index (Phi) is 3.80. The lowest BCUT2D eigenvalue weighted by Gasteiger charge is -2.22. The summed E-state index contributed by atoms with van der Waals surface area (Å²) in [7, 11) is 1.80. The van der Waals surface area contributed by atoms with Crippen molar-refractivity contribution in [3.8, 4) is 0 Å². The standard InChI is InChI=1S/C12H17NOS/c1-12(2,3)15-11(14)13(4)10-8-6-5-7-9-10/h5-9H,1-4H3. The van der Waals surface area contributed by atoms with Crippen molar-refractivity contribution in [3.05, 3.63) is 30.3 Å². The van der Waals surface area contributed by atoms with E-state index in [-0.39, 0.29) is 9.99 Å². The number of carbonyl (C=O) groups is 1. The second kappa shape index (κ2) is 4.71. The Balaban J connectivity index is 2.70. The smallest absolute Gasteiger partial charge is 0.286 e. The van der Waals surface area contributed by atoms with E-state index in [1.807, 2.05) is 51.1 Å². The highest BCUT2D eigenvalue weighted by Gasteiger charge is 2.20. The van der Waals surface area contributed by atoms with Crippen LogP contribution in [0.4, 0.5) is 10.5 Å². The maximum atomic E-state index is 11.8. The fraction of sp³-hybridized carbons (Fsp3) is 0.417. The van der Waals surface area contributed by atoms with Crippen LogP contribution in [0.15, 0.2) is 30.3 Å². The largest absolute Gasteiger partial charge is 0.306 e. The van der Waals surface area contributed by atoms with Gasteiger partial charge in [0.25, 0.3) is 5.24 Å². The Hall–Kier alpha value is -0.960. The van der Waals surface area contributed by atoms with E-state index in [0.29, 0.717) is 0 Å². The average molecular weight is 223 g/mol. The van der Waals surface area contributed by atoms with E-state index in [2.05, 4.69) is 0 Å². The van der Waals surface area contributed by atoms with Crippen LogP contribution in [0, 0.1) is 0 Å². The highest BCUT2D eigenvalue weighted by molar-refractivity contribution is 8.15. The lowest BCUT2D eigenvalue weighted by molar-refractivity contribution is 0.266. The van der Waals surface area contributed by atoms with Gasteiger partial charge in [-0.1, -0.05) is 50.7 Å². The Morgan fingerprint density at radius 1 is 1.20 bits per heavy atom. The highest BCUT2D eigenvalue weighted by Crippen LogP contribution is 2.27. The molecule has 0 aliphatic heterocycles. The molecule has 0 unspecified atom stereocenters. The van der Waals surface area contributed by atoms with Crippen molar-refractivity contribution in [3.63, 3.8) is 0 Å². The third kappa shape index (κ3) is 3.96. The molecule has 1 aromatic carbocycles. The van der Waals surface area contributed by atoms with Crippen LogP contribution in [0.3, 0.4) is 0 Å². The summed E-state index contributed by atoms with van der Waals surface area (Å²) in [5.74, 6) is 0. The Bertz CT molecular complexity index is 329. The van der Waals surface area contributed by atoms with Crippen molar-refractivity contribution in [1.82, 2.24) is 0 Å². The fourth-order valence-corrected chi connectivity index (χ4v) is 1.85. The molecule has 2 nitrogen and oxygen atoms in total. The van der Waals surface area contributed by atoms with Crippen LogP contribution < -0.4 is 4.90 Å². The maximum Gasteiger partial charge on any atom is 0.286 e. The number of nitrogens with zero attached hydrogens (tertiary/aromatic N) is 1. The number of hydrogen-bond donors (Lipinski definition) is 0. The molecule has 15 heavy (non-hydrogen) atoms. The number of anilines is 1. The minimum Gasteiger partial charge on any atom is -0.306 e. The summed E-state index contributed by atoms with van der Waals surface area (Å²) in [6, 6.07) is 9.67. The maximum absolute atomic E-state index is 11.8. The molecular formula is C12H17NOS. The molecule has 82 valence electrons. The van der Waals surface area contributed by atoms with E-state index >= 15 is 0 Å². The molecule has 0 saturated carbocycles. The van der Waals surface area contributed by atoms with Crippen molar-refractivity contribution in [2.45, 2.75) is 25.5 Å². The van der Waals surface area contributed by atoms with Gasteiger partial charge in [0.15, 0.2) is 0 Å². The van der Waals surface area contributed by atoms with Gasteiger partial charge in [-0.3, -0.25) is 4.79 Å². The minimum absolute atomic E-state index is 0.0415. The number of amides is 1. The van der Waals surface area contributed by atoms with E-state index in [4.69, 9.17) is 0 Å². The minimum atomic E-state index is -0.0415. The Labute approximate surface area is 95.7 Å². The fourth-order valence-electron chi connectivity index (χ4n) is 1.09. The number of benzene rings is 1. The number of hydrogen-bond acceptors (Lipinski definition) is 2. The van der Waals surface area contributed by atoms with Crippen LogP contribution in [0.25, 0.3) is 0 Å². The first-order valence-corrected chi connectivity index (χ1v) is 5.73. The Morgan fingerprint density at radius 2 is 1.73 bits per heavy atom. The van der Waals surface area contributed by atoms with Gasteiger partial charge in [0.2, 0.25) is 0 Å². The van der Waals surface area contributed by atoms with Gasteiger partial charge >= 0.3 is 0 Å². The number of thioether (sulfide) groups is 1. The molecular weight excluding hydrogens is 206 g/mol. The van der Waals surface area contributed by atoms with E-state index in [1.54, 1.807) is 11.9 Å². The van der Waals surface area contributed by atoms with Crippen molar-refractivity contribution in [1.29, 1.82) is 0 Å². The lowest BCUT2D eigenvalue weighted by Crippen LogP contribution is -2.25. The SMILES string of the molecule is CN(C(=O)SC(C)(C)C)c1ccccc1. The summed E-state index contributed by atoms with van der Waals surface area (Å²) >= 11 is 1.35. The Morgan fingerprint density at radius 3 is 2.20 bits per heavy atom. The molecule has 0 aliphatic rings. The first kappa shape index (κ1) is 12.1. The molecule has 1 amide bonds. The highest BCUT2D eigenvalue weighted by atomic mass is 32.2. The predicted molar refractivity (Wildman–Crippen MR) is 67.6 cm³/mol. The monoisotopic (exact) mass is 223 g/mol. The second-order valence-electron chi connectivity index (χ2n) is 4.37. The molecule has 0 atom stereocenters. The van der Waals surface area contributed by atoms with Crippen LogP contribution in [0.2, 0.25) is 0 Å². The summed E-state index contributed by atoms with van der Waals surface area (Å²) in [5, 5.41) is 0.0775. The first-order chi connectivity index (χ1) is 6.90. The van der Waals surface area contributed by atoms with Gasteiger partial charge in [0, 0.05) is 17.5 Å². The van der Waals surface area contributed by atoms with Crippen LogP contribution in [0.5, 0.6) is 0 Å². The van der Waals surface area contributed by atoms with Crippen LogP contribution in [0.1, 0.15) is 20.8 Å². The van der Waals surface area contributed by atoms with E-state index in [1.165, 1.54) is 11.8 Å². The third-order valence-corrected chi connectivity index (χ3v) is 2.87. The molecule has 0 radical (unpaired) electrons. The van der Waals surface area contributed by atoms with Gasteiger partial charge in [-0.2, -0.15) is 0 Å². The van der Waals surface area contributed by atoms with Crippen LogP contribution in [-0.2, 0) is 0 Å². The molecule has 0 bridgehead atoms. The van der Waals surface area contributed by atoms with Gasteiger partial charge in [-0.05, 0) is 12.1 Å². The zero-order valence-corrected chi connectivity index (χ0v) is 10.5. The second-order valence-corrected chi connectivity index (χ2v) is 6.15. The predicted octanol–water partition coefficient (Wildman–Crippen LogP) is 3.77.